The maximum Gasteiger partial charge on any atom is 0.414 e. The number of hydrogen-bond acceptors (Lipinski definition) is 3. The molecule has 0 radical (unpaired) electrons. The summed E-state index contributed by atoms with van der Waals surface area (Å²) in [6, 6.07) is 16.3. The Bertz CT molecular complexity index is 958. The zero-order valence-electron chi connectivity index (χ0n) is 15.9. The van der Waals surface area contributed by atoms with Gasteiger partial charge in [0.1, 0.15) is 5.60 Å². The van der Waals surface area contributed by atoms with Crippen LogP contribution >= 0.6 is 0 Å². The van der Waals surface area contributed by atoms with Gasteiger partial charge < -0.3 is 4.74 Å². The number of hydrogen-bond donors (Lipinski definition) is 0. The largest absolute Gasteiger partial charge is 0.443 e. The van der Waals surface area contributed by atoms with Crippen LogP contribution in [-0.4, -0.2) is 23.7 Å². The Morgan fingerprint density at radius 2 is 1.81 bits per heavy atom. The minimum atomic E-state index is -0.524. The second kappa shape index (κ2) is 6.79. The van der Waals surface area contributed by atoms with E-state index in [2.05, 4.69) is 29.2 Å². The quantitative estimate of drug-likeness (QED) is 0.607. The monoisotopic (exact) mass is 348 g/mol. The molecule has 26 heavy (non-hydrogen) atoms. The number of carbonyl (C=O) groups is 1. The third-order valence-electron chi connectivity index (χ3n) is 4.05. The summed E-state index contributed by atoms with van der Waals surface area (Å²) in [5.41, 5.74) is 4.48. The van der Waals surface area contributed by atoms with Gasteiger partial charge in [0, 0.05) is 24.3 Å². The third-order valence-corrected chi connectivity index (χ3v) is 4.05. The highest BCUT2D eigenvalue weighted by atomic mass is 16.6. The minimum Gasteiger partial charge on any atom is -0.443 e. The normalized spacial score (nSPS) is 11.4. The van der Waals surface area contributed by atoms with Gasteiger partial charge >= 0.3 is 6.09 Å². The first-order chi connectivity index (χ1) is 12.2. The number of pyridine rings is 1. The smallest absolute Gasteiger partial charge is 0.414 e. The van der Waals surface area contributed by atoms with Gasteiger partial charge in [-0.3, -0.25) is 9.88 Å². The Morgan fingerprint density at radius 1 is 1.04 bits per heavy atom. The predicted molar refractivity (Wildman–Crippen MR) is 107 cm³/mol. The van der Waals surface area contributed by atoms with Crippen molar-refractivity contribution in [2.24, 2.45) is 0 Å². The van der Waals surface area contributed by atoms with Crippen molar-refractivity contribution in [2.75, 3.05) is 11.9 Å². The minimum absolute atomic E-state index is 0.364. The fourth-order valence-electron chi connectivity index (χ4n) is 2.81. The number of nitrogens with zero attached hydrogens (tertiary/aromatic N) is 2. The Kier molecular flexibility index (Phi) is 4.68. The van der Waals surface area contributed by atoms with E-state index < -0.39 is 5.60 Å². The summed E-state index contributed by atoms with van der Waals surface area (Å²) in [6.07, 6.45) is 1.43. The van der Waals surface area contributed by atoms with Crippen molar-refractivity contribution in [3.05, 3.63) is 60.3 Å². The van der Waals surface area contributed by atoms with Gasteiger partial charge in [0.15, 0.2) is 0 Å². The van der Waals surface area contributed by atoms with Crippen molar-refractivity contribution in [2.45, 2.75) is 33.3 Å². The van der Waals surface area contributed by atoms with Crippen LogP contribution in [-0.2, 0) is 4.74 Å². The van der Waals surface area contributed by atoms with Gasteiger partial charge in [0.05, 0.1) is 5.52 Å². The van der Waals surface area contributed by atoms with E-state index in [0.717, 1.165) is 33.3 Å². The van der Waals surface area contributed by atoms with Gasteiger partial charge in [-0.1, -0.05) is 18.2 Å². The first kappa shape index (κ1) is 17.9. The molecule has 0 aliphatic rings. The number of amides is 1. The fraction of sp³-hybridized carbons (Fsp3) is 0.273. The highest BCUT2D eigenvalue weighted by Gasteiger charge is 2.21. The first-order valence-corrected chi connectivity index (χ1v) is 8.66. The molecule has 0 aliphatic heterocycles. The van der Waals surface area contributed by atoms with E-state index in [9.17, 15) is 4.79 Å². The number of fused-ring (bicyclic) bond motifs is 1. The molecule has 0 bridgehead atoms. The molecule has 0 fully saturated rings. The lowest BCUT2D eigenvalue weighted by molar-refractivity contribution is 0.0589. The summed E-state index contributed by atoms with van der Waals surface area (Å²) in [5, 5.41) is 1.09. The summed E-state index contributed by atoms with van der Waals surface area (Å²) in [5.74, 6) is 0. The number of aromatic nitrogens is 1. The Balaban J connectivity index is 1.97. The molecule has 0 N–H and O–H groups in total. The van der Waals surface area contributed by atoms with E-state index in [1.54, 1.807) is 18.1 Å². The van der Waals surface area contributed by atoms with E-state index in [1.165, 1.54) is 0 Å². The van der Waals surface area contributed by atoms with Gasteiger partial charge in [-0.15, -0.1) is 0 Å². The van der Waals surface area contributed by atoms with Crippen LogP contribution < -0.4 is 4.90 Å². The van der Waals surface area contributed by atoms with Crippen molar-refractivity contribution < 1.29 is 9.53 Å². The van der Waals surface area contributed by atoms with Gasteiger partial charge in [0.2, 0.25) is 0 Å². The number of benzene rings is 2. The molecule has 3 rings (SSSR count). The van der Waals surface area contributed by atoms with Crippen molar-refractivity contribution in [3.8, 4) is 11.1 Å². The lowest BCUT2D eigenvalue weighted by Gasteiger charge is -2.25. The van der Waals surface area contributed by atoms with Gasteiger partial charge in [-0.2, -0.15) is 0 Å². The van der Waals surface area contributed by atoms with Crippen LogP contribution in [0.3, 0.4) is 0 Å². The molecule has 134 valence electrons. The molecule has 3 aromatic rings. The Labute approximate surface area is 154 Å². The van der Waals surface area contributed by atoms with Crippen LogP contribution in [0.5, 0.6) is 0 Å². The van der Waals surface area contributed by atoms with Gasteiger partial charge in [-0.05, 0) is 74.7 Å². The van der Waals surface area contributed by atoms with Crippen LogP contribution in [0.25, 0.3) is 22.0 Å². The molecule has 0 spiro atoms. The molecular weight excluding hydrogens is 324 g/mol. The SMILES string of the molecule is Cc1cc(-c2ccc3ncccc3c2)cc(N(C)C(=O)OC(C)(C)C)c1. The van der Waals surface area contributed by atoms with Gasteiger partial charge in [-0.25, -0.2) is 4.79 Å². The summed E-state index contributed by atoms with van der Waals surface area (Å²) >= 11 is 0. The Morgan fingerprint density at radius 3 is 2.54 bits per heavy atom. The first-order valence-electron chi connectivity index (χ1n) is 8.66. The van der Waals surface area contributed by atoms with E-state index in [0.29, 0.717) is 0 Å². The van der Waals surface area contributed by atoms with Crippen LogP contribution in [0.2, 0.25) is 0 Å². The van der Waals surface area contributed by atoms with E-state index in [4.69, 9.17) is 4.74 Å². The van der Waals surface area contributed by atoms with Crippen LogP contribution in [0.15, 0.2) is 54.7 Å². The fourth-order valence-corrected chi connectivity index (χ4v) is 2.81. The predicted octanol–water partition coefficient (Wildman–Crippen LogP) is 5.58. The molecule has 4 heteroatoms. The van der Waals surface area contributed by atoms with Crippen molar-refractivity contribution >= 4 is 22.7 Å². The average molecular weight is 348 g/mol. The lowest BCUT2D eigenvalue weighted by Crippen LogP contribution is -2.34. The molecule has 1 aromatic heterocycles. The molecule has 4 nitrogen and oxygen atoms in total. The Hall–Kier alpha value is -2.88. The molecular formula is C22H24N2O2. The molecule has 0 saturated heterocycles. The van der Waals surface area contributed by atoms with Gasteiger partial charge in [0.25, 0.3) is 0 Å². The maximum atomic E-state index is 12.4. The molecule has 1 amide bonds. The molecule has 0 unspecified atom stereocenters. The third kappa shape index (κ3) is 4.02. The molecule has 0 saturated carbocycles. The van der Waals surface area contributed by atoms with E-state index in [-0.39, 0.29) is 6.09 Å². The van der Waals surface area contributed by atoms with Crippen molar-refractivity contribution in [1.29, 1.82) is 0 Å². The number of aryl methyl sites for hydroxylation is 1. The van der Waals surface area contributed by atoms with Crippen molar-refractivity contribution in [1.82, 2.24) is 4.98 Å². The summed E-state index contributed by atoms with van der Waals surface area (Å²) in [7, 11) is 1.73. The summed E-state index contributed by atoms with van der Waals surface area (Å²) in [4.78, 5) is 18.3. The summed E-state index contributed by atoms with van der Waals surface area (Å²) < 4.78 is 5.48. The molecule has 0 aliphatic carbocycles. The van der Waals surface area contributed by atoms with Crippen molar-refractivity contribution in [3.63, 3.8) is 0 Å². The zero-order valence-corrected chi connectivity index (χ0v) is 15.9. The standard InChI is InChI=1S/C22H24N2O2/c1-15-11-18(16-8-9-20-17(13-16)7-6-10-23-20)14-19(12-15)24(5)21(25)26-22(2,3)4/h6-14H,1-5H3. The highest BCUT2D eigenvalue weighted by molar-refractivity contribution is 5.90. The summed E-state index contributed by atoms with van der Waals surface area (Å²) in [6.45, 7) is 7.62. The molecule has 1 heterocycles. The molecule has 2 aromatic carbocycles. The van der Waals surface area contributed by atoms with Crippen LogP contribution in [0.4, 0.5) is 10.5 Å². The average Bonchev–Trinajstić information content (AvgIpc) is 2.58. The number of anilines is 1. The maximum absolute atomic E-state index is 12.4. The van der Waals surface area contributed by atoms with Crippen LogP contribution in [0, 0.1) is 6.92 Å². The number of ether oxygens (including phenoxy) is 1. The molecule has 0 atom stereocenters. The highest BCUT2D eigenvalue weighted by Crippen LogP contribution is 2.29. The topological polar surface area (TPSA) is 42.4 Å². The second-order valence-corrected chi connectivity index (χ2v) is 7.51. The van der Waals surface area contributed by atoms with Crippen LogP contribution in [0.1, 0.15) is 26.3 Å². The second-order valence-electron chi connectivity index (χ2n) is 7.51. The van der Waals surface area contributed by atoms with E-state index >= 15 is 0 Å². The lowest BCUT2D eigenvalue weighted by atomic mass is 10.0. The number of rotatable bonds is 2. The zero-order chi connectivity index (χ0) is 18.9. The number of carbonyl (C=O) groups excluding carboxylic acids is 1. The van der Waals surface area contributed by atoms with E-state index in [1.807, 2.05) is 52.0 Å².